The topological polar surface area (TPSA) is 70.6 Å². The van der Waals surface area contributed by atoms with E-state index in [-0.39, 0.29) is 23.4 Å². The second kappa shape index (κ2) is 9.21. The van der Waals surface area contributed by atoms with Crippen LogP contribution in [0.15, 0.2) is 48.5 Å². The van der Waals surface area contributed by atoms with Gasteiger partial charge in [0.25, 0.3) is 5.91 Å². The molecular weight excluding hydrogens is 434 g/mol. The first-order chi connectivity index (χ1) is 15.3. The Morgan fingerprint density at radius 2 is 1.94 bits per heavy atom. The molecule has 2 fully saturated rings. The standard InChI is InChI=1S/C24H26F2N2O3S/c1-14(29)19-12-21(15-7-8-15)31-13-24(19,18-10-9-17(25)11-20(18)26)28-23(32)27-22(30)16-5-3-2-4-6-16/h2-6,9-11,14-15,19,21,29H,7-8,12-13H2,1H3,(H2,27,28,30,32)/t14-,19-,21+,24+/m0/s1. The van der Waals surface area contributed by atoms with Gasteiger partial charge < -0.3 is 15.2 Å². The van der Waals surface area contributed by atoms with Crippen LogP contribution in [0.1, 0.15) is 42.1 Å². The monoisotopic (exact) mass is 460 g/mol. The van der Waals surface area contributed by atoms with Crippen molar-refractivity contribution in [2.75, 3.05) is 6.61 Å². The van der Waals surface area contributed by atoms with E-state index in [0.717, 1.165) is 18.9 Å². The summed E-state index contributed by atoms with van der Waals surface area (Å²) in [4.78, 5) is 12.6. The van der Waals surface area contributed by atoms with Crippen molar-refractivity contribution in [2.45, 2.75) is 43.9 Å². The Morgan fingerprint density at radius 3 is 2.56 bits per heavy atom. The molecule has 2 aliphatic rings. The van der Waals surface area contributed by atoms with E-state index in [1.807, 2.05) is 0 Å². The second-order valence-electron chi connectivity index (χ2n) is 8.64. The van der Waals surface area contributed by atoms with Crippen LogP contribution in [0.2, 0.25) is 0 Å². The van der Waals surface area contributed by atoms with Crippen LogP contribution in [0.25, 0.3) is 0 Å². The minimum Gasteiger partial charge on any atom is -0.393 e. The number of benzene rings is 2. The van der Waals surface area contributed by atoms with E-state index >= 15 is 4.39 Å². The van der Waals surface area contributed by atoms with Gasteiger partial charge in [-0.3, -0.25) is 10.1 Å². The molecule has 1 saturated heterocycles. The third-order valence-corrected chi connectivity index (χ3v) is 6.59. The fourth-order valence-electron chi connectivity index (χ4n) is 4.59. The molecule has 1 amide bonds. The molecule has 8 heteroatoms. The summed E-state index contributed by atoms with van der Waals surface area (Å²) >= 11 is 5.41. The zero-order valence-corrected chi connectivity index (χ0v) is 18.5. The van der Waals surface area contributed by atoms with E-state index < -0.39 is 35.1 Å². The Morgan fingerprint density at radius 1 is 1.22 bits per heavy atom. The lowest BCUT2D eigenvalue weighted by Crippen LogP contribution is -2.63. The van der Waals surface area contributed by atoms with E-state index in [0.29, 0.717) is 17.9 Å². The number of nitrogens with one attached hydrogen (secondary N) is 2. The first kappa shape index (κ1) is 22.8. The van der Waals surface area contributed by atoms with Crippen molar-refractivity contribution in [3.8, 4) is 0 Å². The number of aliphatic hydroxyl groups excluding tert-OH is 1. The molecule has 1 aliphatic carbocycles. The first-order valence-corrected chi connectivity index (χ1v) is 11.1. The zero-order valence-electron chi connectivity index (χ0n) is 17.7. The molecule has 0 spiro atoms. The van der Waals surface area contributed by atoms with Gasteiger partial charge in [0.05, 0.1) is 24.4 Å². The molecule has 0 aromatic heterocycles. The molecule has 32 heavy (non-hydrogen) atoms. The maximum Gasteiger partial charge on any atom is 0.257 e. The number of halogens is 2. The van der Waals surface area contributed by atoms with Crippen LogP contribution in [-0.4, -0.2) is 34.9 Å². The minimum absolute atomic E-state index is 0.0215. The van der Waals surface area contributed by atoms with Gasteiger partial charge in [-0.15, -0.1) is 0 Å². The van der Waals surface area contributed by atoms with Crippen LogP contribution in [-0.2, 0) is 10.3 Å². The second-order valence-corrected chi connectivity index (χ2v) is 9.05. The highest BCUT2D eigenvalue weighted by atomic mass is 32.1. The minimum atomic E-state index is -1.28. The van der Waals surface area contributed by atoms with Gasteiger partial charge in [0.15, 0.2) is 5.11 Å². The molecule has 0 radical (unpaired) electrons. The number of hydrogen-bond donors (Lipinski definition) is 3. The quantitative estimate of drug-likeness (QED) is 0.594. The number of ether oxygens (including phenoxy) is 1. The predicted octanol–water partition coefficient (Wildman–Crippen LogP) is 3.66. The summed E-state index contributed by atoms with van der Waals surface area (Å²) in [5.41, 5.74) is -0.729. The van der Waals surface area contributed by atoms with Gasteiger partial charge in [0.2, 0.25) is 0 Å². The van der Waals surface area contributed by atoms with Crippen molar-refractivity contribution < 1.29 is 23.4 Å². The number of hydrogen-bond acceptors (Lipinski definition) is 4. The van der Waals surface area contributed by atoms with Crippen molar-refractivity contribution >= 4 is 23.2 Å². The van der Waals surface area contributed by atoms with Crippen molar-refractivity contribution in [3.63, 3.8) is 0 Å². The lowest BCUT2D eigenvalue weighted by Gasteiger charge is -2.49. The van der Waals surface area contributed by atoms with Gasteiger partial charge in [-0.05, 0) is 62.5 Å². The third kappa shape index (κ3) is 4.67. The summed E-state index contributed by atoms with van der Waals surface area (Å²) in [6, 6.07) is 11.9. The number of carbonyl (C=O) groups excluding carboxylic acids is 1. The van der Waals surface area contributed by atoms with Crippen molar-refractivity contribution in [1.82, 2.24) is 10.6 Å². The number of amides is 1. The molecule has 0 bridgehead atoms. The molecular formula is C24H26F2N2O3S. The maximum atomic E-state index is 15.0. The van der Waals surface area contributed by atoms with Crippen LogP contribution in [0.4, 0.5) is 8.78 Å². The molecule has 1 heterocycles. The van der Waals surface area contributed by atoms with Crippen LogP contribution >= 0.6 is 12.2 Å². The van der Waals surface area contributed by atoms with Crippen LogP contribution in [0.5, 0.6) is 0 Å². The normalized spacial score (nSPS) is 26.2. The van der Waals surface area contributed by atoms with Crippen molar-refractivity contribution in [1.29, 1.82) is 0 Å². The van der Waals surface area contributed by atoms with E-state index in [1.165, 1.54) is 12.1 Å². The van der Waals surface area contributed by atoms with Gasteiger partial charge >= 0.3 is 0 Å². The molecule has 4 atom stereocenters. The van der Waals surface area contributed by atoms with E-state index in [4.69, 9.17) is 17.0 Å². The summed E-state index contributed by atoms with van der Waals surface area (Å²) < 4.78 is 34.8. The number of thiocarbonyl (C=S) groups is 1. The Kier molecular flexibility index (Phi) is 6.55. The molecule has 1 saturated carbocycles. The Hall–Kier alpha value is -2.42. The molecule has 4 rings (SSSR count). The molecule has 2 aromatic carbocycles. The van der Waals surface area contributed by atoms with Crippen LogP contribution in [0, 0.1) is 23.5 Å². The third-order valence-electron chi connectivity index (χ3n) is 6.39. The lowest BCUT2D eigenvalue weighted by atomic mass is 9.71. The molecule has 1 aliphatic heterocycles. The number of rotatable bonds is 5. The highest BCUT2D eigenvalue weighted by Gasteiger charge is 2.52. The van der Waals surface area contributed by atoms with Gasteiger partial charge in [-0.2, -0.15) is 0 Å². The van der Waals surface area contributed by atoms with Gasteiger partial charge in [0, 0.05) is 23.1 Å². The van der Waals surface area contributed by atoms with Gasteiger partial charge in [0.1, 0.15) is 11.6 Å². The molecule has 0 unspecified atom stereocenters. The average Bonchev–Trinajstić information content (AvgIpc) is 3.59. The fourth-order valence-corrected chi connectivity index (χ4v) is 4.87. The highest BCUT2D eigenvalue weighted by molar-refractivity contribution is 7.80. The maximum absolute atomic E-state index is 15.0. The van der Waals surface area contributed by atoms with Gasteiger partial charge in [-0.1, -0.05) is 24.3 Å². The summed E-state index contributed by atoms with van der Waals surface area (Å²) in [6.45, 7) is 1.66. The van der Waals surface area contributed by atoms with E-state index in [2.05, 4.69) is 10.6 Å². The lowest BCUT2D eigenvalue weighted by molar-refractivity contribution is -0.108. The Bertz CT molecular complexity index is 1000. The van der Waals surface area contributed by atoms with E-state index in [1.54, 1.807) is 37.3 Å². The molecule has 5 nitrogen and oxygen atoms in total. The Balaban J connectivity index is 1.65. The summed E-state index contributed by atoms with van der Waals surface area (Å²) in [5.74, 6) is -1.94. The zero-order chi connectivity index (χ0) is 22.9. The number of carbonyl (C=O) groups is 1. The summed E-state index contributed by atoms with van der Waals surface area (Å²) in [7, 11) is 0. The van der Waals surface area contributed by atoms with Crippen molar-refractivity contribution in [2.24, 2.45) is 11.8 Å². The van der Waals surface area contributed by atoms with Crippen molar-refractivity contribution in [3.05, 3.63) is 71.3 Å². The number of aliphatic hydroxyl groups is 1. The Labute approximate surface area is 191 Å². The smallest absolute Gasteiger partial charge is 0.257 e. The largest absolute Gasteiger partial charge is 0.393 e. The van der Waals surface area contributed by atoms with Crippen LogP contribution in [0.3, 0.4) is 0 Å². The van der Waals surface area contributed by atoms with Gasteiger partial charge in [-0.25, -0.2) is 8.78 Å². The highest BCUT2D eigenvalue weighted by Crippen LogP contribution is 2.46. The fraction of sp³-hybridized carbons (Fsp3) is 0.417. The predicted molar refractivity (Wildman–Crippen MR) is 120 cm³/mol. The summed E-state index contributed by atoms with van der Waals surface area (Å²) in [6.07, 6.45) is 1.74. The first-order valence-electron chi connectivity index (χ1n) is 10.7. The average molecular weight is 461 g/mol. The summed E-state index contributed by atoms with van der Waals surface area (Å²) in [5, 5.41) is 16.4. The molecule has 170 valence electrons. The van der Waals surface area contributed by atoms with Crippen LogP contribution < -0.4 is 10.6 Å². The SMILES string of the molecule is C[C@H](O)[C@@H]1C[C@H](C2CC2)OC[C@@]1(NC(=S)NC(=O)c1ccccc1)c1ccc(F)cc1F. The molecule has 2 aromatic rings. The molecule has 3 N–H and O–H groups in total. The van der Waals surface area contributed by atoms with E-state index in [9.17, 15) is 14.3 Å².